The summed E-state index contributed by atoms with van der Waals surface area (Å²) in [7, 11) is -16.4. The Labute approximate surface area is 339 Å². The lowest BCUT2D eigenvalue weighted by Crippen LogP contribution is -2.46. The number of nitrogen functional groups attached to an aromatic ring is 1. The van der Waals surface area contributed by atoms with Gasteiger partial charge in [0, 0.05) is 37.1 Å². The second kappa shape index (κ2) is 20.4. The minimum Gasteiger partial charge on any atom is -0.508 e. The number of fused-ring (bicyclic) bond motifs is 1. The Bertz CT molecular complexity index is 2110. The number of hydrogen-bond donors (Lipinski definition) is 10. The van der Waals surface area contributed by atoms with Crippen LogP contribution in [0.4, 0.5) is 5.82 Å². The van der Waals surface area contributed by atoms with E-state index in [0.717, 1.165) is 34.5 Å². The molecule has 29 heteroatoms. The molecular weight excluding hydrogens is 871 g/mol. The van der Waals surface area contributed by atoms with Crippen molar-refractivity contribution in [1.82, 2.24) is 30.2 Å². The van der Waals surface area contributed by atoms with Crippen molar-refractivity contribution >= 4 is 69.1 Å². The van der Waals surface area contributed by atoms with Gasteiger partial charge in [-0.2, -0.15) is 4.31 Å². The van der Waals surface area contributed by atoms with Gasteiger partial charge in [0.05, 0.1) is 19.5 Å². The van der Waals surface area contributed by atoms with Gasteiger partial charge < -0.3 is 56.0 Å². The number of ether oxygens (including phenoxy) is 1. The van der Waals surface area contributed by atoms with Crippen LogP contribution in [0.2, 0.25) is 0 Å². The zero-order valence-corrected chi connectivity index (χ0v) is 34.7. The standard InChI is InChI=1S/C30H44N7O18P3S/c1-30(2,25(42)28(43)33-9-8-20(39)32-10-11-59-21(40)7-6-17-4-3-5-18(38)12-17)14-52-58(49,50)55-57(47,48)51-13-19-24(54-56(44,45)46)23(41)29(53-19)37-16-36-22-26(31)34-15-35-27(22)37/h3-5,12,15-16,19,23-25,29,38,41-42H,6-11,13-14H2,1-2H3,(H,32,39)(H,33,43)(H,47,48)(H,49,50)(H2,31,34,35)(H2,44,45,46)/t19-,23-,24-,25+,29-/m1/s1. The highest BCUT2D eigenvalue weighted by Gasteiger charge is 2.50. The number of aliphatic hydroxyl groups is 2. The molecule has 1 fully saturated rings. The molecule has 2 unspecified atom stereocenters. The van der Waals surface area contributed by atoms with Gasteiger partial charge in [0.25, 0.3) is 0 Å². The molecule has 0 spiro atoms. The van der Waals surface area contributed by atoms with Crippen molar-refractivity contribution in [2.75, 3.05) is 37.8 Å². The number of aliphatic hydroxyl groups excluding tert-OH is 2. The molecule has 2 amide bonds. The summed E-state index contributed by atoms with van der Waals surface area (Å²) in [6.07, 6.45) is -6.30. The third-order valence-corrected chi connectivity index (χ3v) is 12.3. The number of amides is 2. The van der Waals surface area contributed by atoms with Crippen LogP contribution in [0.3, 0.4) is 0 Å². The zero-order chi connectivity index (χ0) is 43.8. The average molecular weight is 916 g/mol. The first-order valence-corrected chi connectivity index (χ1v) is 22.8. The number of thioether (sulfide) groups is 1. The van der Waals surface area contributed by atoms with E-state index in [1.807, 2.05) is 0 Å². The van der Waals surface area contributed by atoms with Gasteiger partial charge >= 0.3 is 23.5 Å². The Kier molecular flexibility index (Phi) is 16.7. The molecule has 3 aromatic rings. The average Bonchev–Trinajstić information content (AvgIpc) is 3.70. The van der Waals surface area contributed by atoms with Crippen LogP contribution in [0.15, 0.2) is 36.9 Å². The number of nitrogens with two attached hydrogens (primary N) is 1. The van der Waals surface area contributed by atoms with E-state index in [1.165, 1.54) is 19.9 Å². The van der Waals surface area contributed by atoms with Crippen LogP contribution in [0.25, 0.3) is 11.2 Å². The molecule has 1 aliphatic heterocycles. The molecule has 0 bridgehead atoms. The molecule has 4 rings (SSSR count). The predicted molar refractivity (Wildman–Crippen MR) is 204 cm³/mol. The van der Waals surface area contributed by atoms with Gasteiger partial charge in [-0.3, -0.25) is 32.5 Å². The summed E-state index contributed by atoms with van der Waals surface area (Å²) >= 11 is 1.03. The number of hydrogen-bond acceptors (Lipinski definition) is 19. The van der Waals surface area contributed by atoms with Crippen molar-refractivity contribution < 1.29 is 85.6 Å². The van der Waals surface area contributed by atoms with E-state index in [2.05, 4.69) is 34.4 Å². The number of nitrogens with one attached hydrogen (secondary N) is 2. The highest BCUT2D eigenvalue weighted by atomic mass is 32.2. The lowest BCUT2D eigenvalue weighted by Gasteiger charge is -2.30. The Balaban J connectivity index is 1.20. The van der Waals surface area contributed by atoms with Crippen LogP contribution < -0.4 is 16.4 Å². The second-order valence-electron chi connectivity index (χ2n) is 13.5. The van der Waals surface area contributed by atoms with Crippen LogP contribution in [-0.4, -0.2) is 128 Å². The number of imidazole rings is 1. The minimum atomic E-state index is -5.58. The number of rotatable bonds is 22. The summed E-state index contributed by atoms with van der Waals surface area (Å²) in [5, 5.41) is 35.8. The fourth-order valence-corrected chi connectivity index (χ4v) is 8.83. The van der Waals surface area contributed by atoms with Gasteiger partial charge in [-0.05, 0) is 24.1 Å². The molecule has 11 N–H and O–H groups in total. The van der Waals surface area contributed by atoms with Gasteiger partial charge in [-0.15, -0.1) is 0 Å². The second-order valence-corrected chi connectivity index (χ2v) is 18.8. The summed E-state index contributed by atoms with van der Waals surface area (Å²) in [6, 6.07) is 6.56. The van der Waals surface area contributed by atoms with Gasteiger partial charge in [0.1, 0.15) is 42.0 Å². The molecule has 328 valence electrons. The van der Waals surface area contributed by atoms with E-state index < -0.39 is 84.6 Å². The summed E-state index contributed by atoms with van der Waals surface area (Å²) in [6.45, 7) is 0.394. The van der Waals surface area contributed by atoms with E-state index in [0.29, 0.717) is 12.2 Å². The summed E-state index contributed by atoms with van der Waals surface area (Å²) < 4.78 is 62.1. The number of aromatic nitrogens is 4. The third-order valence-electron chi connectivity index (χ3n) is 8.29. The highest BCUT2D eigenvalue weighted by Crippen LogP contribution is 2.61. The number of phenolic OH excluding ortho intramolecular Hbond substituents is 1. The maximum atomic E-state index is 12.7. The topological polar surface area (TPSA) is 384 Å². The van der Waals surface area contributed by atoms with E-state index >= 15 is 0 Å². The van der Waals surface area contributed by atoms with Crippen molar-refractivity contribution in [3.8, 4) is 5.75 Å². The molecular formula is C30H44N7O18P3S. The van der Waals surface area contributed by atoms with Crippen molar-refractivity contribution in [1.29, 1.82) is 0 Å². The SMILES string of the molecule is CC(C)(COP(=O)(O)OP(=O)(O)OC[C@H]1O[C@@H](n2cnc3c(N)ncnc32)[C@H](O)[C@@H]1OP(=O)(O)O)[C@@H](O)C(=O)NCCC(=O)NCCSC(=O)CCc1cccc(O)c1. The number of carbonyl (C=O) groups excluding carboxylic acids is 3. The first-order valence-electron chi connectivity index (χ1n) is 17.3. The molecule has 59 heavy (non-hydrogen) atoms. The quantitative estimate of drug-likeness (QED) is 0.0468. The normalized spacial score (nSPS) is 21.1. The maximum Gasteiger partial charge on any atom is 0.481 e. The minimum absolute atomic E-state index is 0.0256. The van der Waals surface area contributed by atoms with Crippen molar-refractivity contribution in [2.24, 2.45) is 5.41 Å². The number of benzene rings is 1. The van der Waals surface area contributed by atoms with E-state index in [4.69, 9.17) is 19.5 Å². The largest absolute Gasteiger partial charge is 0.508 e. The van der Waals surface area contributed by atoms with Gasteiger partial charge in [-0.1, -0.05) is 37.7 Å². The van der Waals surface area contributed by atoms with Crippen molar-refractivity contribution in [3.05, 3.63) is 42.5 Å². The number of carbonyl (C=O) groups is 3. The zero-order valence-electron chi connectivity index (χ0n) is 31.2. The van der Waals surface area contributed by atoms with Crippen molar-refractivity contribution in [2.45, 2.75) is 63.8 Å². The van der Waals surface area contributed by atoms with Crippen LogP contribution in [0, 0.1) is 5.41 Å². The number of aryl methyl sites for hydroxylation is 1. The summed E-state index contributed by atoms with van der Waals surface area (Å²) in [5.74, 6) is -1.10. The number of phosphoric ester groups is 3. The van der Waals surface area contributed by atoms with Gasteiger partial charge in [0.15, 0.2) is 22.8 Å². The number of phenols is 1. The summed E-state index contributed by atoms with van der Waals surface area (Å²) in [4.78, 5) is 87.8. The van der Waals surface area contributed by atoms with Crippen LogP contribution in [0.5, 0.6) is 5.75 Å². The van der Waals surface area contributed by atoms with Crippen LogP contribution >= 0.6 is 35.2 Å². The first kappa shape index (κ1) is 48.2. The molecule has 1 aromatic carbocycles. The smallest absolute Gasteiger partial charge is 0.481 e. The maximum absolute atomic E-state index is 12.7. The Morgan fingerprint density at radius 1 is 1.03 bits per heavy atom. The predicted octanol–water partition coefficient (Wildman–Crippen LogP) is 0.00310. The molecule has 7 atom stereocenters. The fourth-order valence-electron chi connectivity index (χ4n) is 5.33. The lowest BCUT2D eigenvalue weighted by atomic mass is 9.87. The molecule has 3 heterocycles. The van der Waals surface area contributed by atoms with E-state index in [9.17, 15) is 63.0 Å². The molecule has 25 nitrogen and oxygen atoms in total. The molecule has 1 aliphatic rings. The van der Waals surface area contributed by atoms with E-state index in [-0.39, 0.29) is 53.8 Å². The van der Waals surface area contributed by atoms with Gasteiger partial charge in [0.2, 0.25) is 11.8 Å². The van der Waals surface area contributed by atoms with Crippen molar-refractivity contribution in [3.63, 3.8) is 0 Å². The Hall–Kier alpha value is -3.42. The van der Waals surface area contributed by atoms with Gasteiger partial charge in [-0.25, -0.2) is 28.6 Å². The Morgan fingerprint density at radius 2 is 1.75 bits per heavy atom. The Morgan fingerprint density at radius 3 is 2.44 bits per heavy atom. The van der Waals surface area contributed by atoms with E-state index in [1.54, 1.807) is 18.2 Å². The molecule has 2 aromatic heterocycles. The van der Waals surface area contributed by atoms with Crippen LogP contribution in [0.1, 0.15) is 38.5 Å². The number of aromatic hydroxyl groups is 1. The first-order chi connectivity index (χ1) is 27.5. The highest BCUT2D eigenvalue weighted by molar-refractivity contribution is 8.13. The number of anilines is 1. The molecule has 0 radical (unpaired) electrons. The molecule has 1 saturated heterocycles. The monoisotopic (exact) mass is 915 g/mol. The van der Waals surface area contributed by atoms with Crippen LogP contribution in [-0.2, 0) is 57.1 Å². The third kappa shape index (κ3) is 14.6. The fraction of sp³-hybridized carbons (Fsp3) is 0.533. The molecule has 0 saturated carbocycles. The summed E-state index contributed by atoms with van der Waals surface area (Å²) in [5.41, 5.74) is 5.05. The number of nitrogens with zero attached hydrogens (tertiary/aromatic N) is 4. The lowest BCUT2D eigenvalue weighted by molar-refractivity contribution is -0.137. The molecule has 0 aliphatic carbocycles. The number of phosphoric acid groups is 3.